The largest absolute Gasteiger partial charge is 0.376 e. The van der Waals surface area contributed by atoms with E-state index in [0.29, 0.717) is 59.3 Å². The van der Waals surface area contributed by atoms with Crippen LogP contribution in [0.5, 0.6) is 0 Å². The highest BCUT2D eigenvalue weighted by molar-refractivity contribution is 6.34. The number of fused-ring (bicyclic) bond motifs is 1. The molecule has 1 aliphatic heterocycles. The molecule has 4 aromatic rings. The van der Waals surface area contributed by atoms with Crippen LogP contribution < -0.4 is 10.5 Å². The lowest BCUT2D eigenvalue weighted by molar-refractivity contribution is -0.126. The Morgan fingerprint density at radius 3 is 2.37 bits per heavy atom. The van der Waals surface area contributed by atoms with E-state index in [2.05, 4.69) is 25.3 Å². The molecule has 0 atom stereocenters. The van der Waals surface area contributed by atoms with Gasteiger partial charge in [0.15, 0.2) is 0 Å². The second-order valence-electron chi connectivity index (χ2n) is 11.4. The summed E-state index contributed by atoms with van der Waals surface area (Å²) in [6.45, 7) is 23.8. The van der Waals surface area contributed by atoms with Crippen molar-refractivity contribution in [3.63, 3.8) is 0 Å². The average molecular weight is 595 g/mol. The van der Waals surface area contributed by atoms with Crippen molar-refractivity contribution in [2.75, 3.05) is 31.1 Å². The Morgan fingerprint density at radius 2 is 1.77 bits per heavy atom. The number of amides is 1. The molecule has 1 saturated heterocycles. The maximum atomic E-state index is 14.6. The average Bonchev–Trinajstić information content (AvgIpc) is 3.00. The molecule has 9 heteroatoms. The molecule has 0 aliphatic carbocycles. The van der Waals surface area contributed by atoms with Crippen molar-refractivity contribution >= 4 is 39.9 Å². The van der Waals surface area contributed by atoms with Crippen LogP contribution in [0.1, 0.15) is 56.4 Å². The minimum Gasteiger partial charge on any atom is -0.376 e. The van der Waals surface area contributed by atoms with Gasteiger partial charge in [0.25, 0.3) is 11.2 Å². The van der Waals surface area contributed by atoms with Crippen LogP contribution in [-0.4, -0.2) is 51.5 Å². The standard InChI is InChI=1S/C34H35ClN6O2/c1-8-27(42)39-15-17-40(18-16-39)31-25-19-26(35)29(24-12-10-9-11-22(24)6)38-33(25)41(34(43)30(31)36-7)32-23(20(2)3)13-14-37-28(32)21(4)5/h8-14,19-21H,1,15-18H2,2-6H3. The molecule has 0 N–H and O–H groups in total. The van der Waals surface area contributed by atoms with Crippen LogP contribution in [0.4, 0.5) is 11.4 Å². The van der Waals surface area contributed by atoms with Gasteiger partial charge in [-0.05, 0) is 48.1 Å². The van der Waals surface area contributed by atoms with E-state index >= 15 is 0 Å². The highest BCUT2D eigenvalue weighted by Gasteiger charge is 2.30. The smallest absolute Gasteiger partial charge is 0.274 e. The fraction of sp³-hybridized carbons (Fsp3) is 0.324. The predicted molar refractivity (Wildman–Crippen MR) is 174 cm³/mol. The first kappa shape index (κ1) is 30.0. The van der Waals surface area contributed by atoms with Crippen LogP contribution in [0.15, 0.2) is 60.0 Å². The molecule has 1 amide bonds. The van der Waals surface area contributed by atoms with Crippen LogP contribution in [0, 0.1) is 13.5 Å². The molecule has 1 aliphatic rings. The van der Waals surface area contributed by atoms with Gasteiger partial charge >= 0.3 is 0 Å². The minimum atomic E-state index is -0.454. The normalized spacial score (nSPS) is 13.6. The Balaban J connectivity index is 1.91. The first-order valence-electron chi connectivity index (χ1n) is 14.5. The Kier molecular flexibility index (Phi) is 8.38. The lowest BCUT2D eigenvalue weighted by Crippen LogP contribution is -2.48. The van der Waals surface area contributed by atoms with E-state index < -0.39 is 5.56 Å². The number of piperazine rings is 1. The first-order valence-corrected chi connectivity index (χ1v) is 14.8. The van der Waals surface area contributed by atoms with Crippen molar-refractivity contribution in [1.82, 2.24) is 19.4 Å². The van der Waals surface area contributed by atoms with Gasteiger partial charge in [0.1, 0.15) is 5.65 Å². The summed E-state index contributed by atoms with van der Waals surface area (Å²) < 4.78 is 1.58. The van der Waals surface area contributed by atoms with Crippen LogP contribution in [-0.2, 0) is 4.79 Å². The summed E-state index contributed by atoms with van der Waals surface area (Å²) in [5, 5.41) is 1.02. The highest BCUT2D eigenvalue weighted by Crippen LogP contribution is 2.41. The third-order valence-corrected chi connectivity index (χ3v) is 8.31. The molecule has 5 rings (SSSR count). The van der Waals surface area contributed by atoms with Gasteiger partial charge in [-0.2, -0.15) is 0 Å². The number of aryl methyl sites for hydroxylation is 1. The zero-order valence-corrected chi connectivity index (χ0v) is 25.9. The molecule has 0 unspecified atom stereocenters. The summed E-state index contributed by atoms with van der Waals surface area (Å²) >= 11 is 6.98. The second-order valence-corrected chi connectivity index (χ2v) is 11.8. The Labute approximate surface area is 257 Å². The fourth-order valence-corrected chi connectivity index (χ4v) is 6.06. The molecule has 0 radical (unpaired) electrons. The molecule has 0 saturated carbocycles. The van der Waals surface area contributed by atoms with E-state index in [-0.39, 0.29) is 23.4 Å². The van der Waals surface area contributed by atoms with E-state index in [1.165, 1.54) is 6.08 Å². The molecule has 8 nitrogen and oxygen atoms in total. The number of carbonyl (C=O) groups is 1. The van der Waals surface area contributed by atoms with Crippen LogP contribution in [0.3, 0.4) is 0 Å². The summed E-state index contributed by atoms with van der Waals surface area (Å²) in [6.07, 6.45) is 3.08. The number of halogens is 1. The van der Waals surface area contributed by atoms with Gasteiger partial charge < -0.3 is 9.80 Å². The molecular weight excluding hydrogens is 560 g/mol. The lowest BCUT2D eigenvalue weighted by atomic mass is 9.96. The quantitative estimate of drug-likeness (QED) is 0.177. The Hall–Kier alpha value is -4.48. The molecule has 4 heterocycles. The summed E-state index contributed by atoms with van der Waals surface area (Å²) in [7, 11) is 0. The van der Waals surface area contributed by atoms with E-state index in [0.717, 1.165) is 22.4 Å². The number of hydrogen-bond donors (Lipinski definition) is 0. The lowest BCUT2D eigenvalue weighted by Gasteiger charge is -2.37. The van der Waals surface area contributed by atoms with Crippen LogP contribution >= 0.6 is 11.6 Å². The molecule has 1 fully saturated rings. The number of pyridine rings is 3. The monoisotopic (exact) mass is 594 g/mol. The molecular formula is C34H35ClN6O2. The van der Waals surface area contributed by atoms with E-state index in [9.17, 15) is 9.59 Å². The summed E-state index contributed by atoms with van der Waals surface area (Å²) in [4.78, 5) is 44.2. The number of nitrogens with zero attached hydrogens (tertiary/aromatic N) is 6. The maximum absolute atomic E-state index is 14.6. The molecule has 3 aromatic heterocycles. The topological polar surface area (TPSA) is 75.7 Å². The van der Waals surface area contributed by atoms with Gasteiger partial charge in [-0.1, -0.05) is 70.1 Å². The number of anilines is 1. The van der Waals surface area contributed by atoms with E-state index in [4.69, 9.17) is 28.1 Å². The molecule has 0 bridgehead atoms. The number of carbonyl (C=O) groups excluding carboxylic acids is 1. The Bertz CT molecular complexity index is 1820. The van der Waals surface area contributed by atoms with Crippen molar-refractivity contribution in [2.45, 2.75) is 46.5 Å². The van der Waals surface area contributed by atoms with Crippen molar-refractivity contribution in [1.29, 1.82) is 0 Å². The fourth-order valence-electron chi connectivity index (χ4n) is 5.81. The Morgan fingerprint density at radius 1 is 1.07 bits per heavy atom. The summed E-state index contributed by atoms with van der Waals surface area (Å²) in [5.74, 6) is -0.0608. The number of benzene rings is 1. The SMILES string of the molecule is [C-]#[N+]c1c(N2CCN(C(=O)C=C)CC2)c2cc(Cl)c(-c3ccccc3C)nc2n(-c2c(C(C)C)ccnc2C(C)C)c1=O. The van der Waals surface area contributed by atoms with Crippen molar-refractivity contribution in [3.8, 4) is 16.9 Å². The van der Waals surface area contributed by atoms with Crippen LogP contribution in [0.25, 0.3) is 32.8 Å². The van der Waals surface area contributed by atoms with Gasteiger partial charge in [-0.15, -0.1) is 0 Å². The van der Waals surface area contributed by atoms with Crippen molar-refractivity contribution < 1.29 is 4.79 Å². The van der Waals surface area contributed by atoms with Gasteiger partial charge in [-0.25, -0.2) is 9.83 Å². The number of aromatic nitrogens is 3. The highest BCUT2D eigenvalue weighted by atomic mass is 35.5. The van der Waals surface area contributed by atoms with E-state index in [1.54, 1.807) is 15.7 Å². The molecule has 0 spiro atoms. The van der Waals surface area contributed by atoms with Crippen LogP contribution in [0.2, 0.25) is 5.02 Å². The third-order valence-electron chi connectivity index (χ3n) is 8.02. The van der Waals surface area contributed by atoms with Gasteiger partial charge in [-0.3, -0.25) is 19.1 Å². The number of rotatable bonds is 6. The molecule has 1 aromatic carbocycles. The second kappa shape index (κ2) is 12.0. The van der Waals surface area contributed by atoms with Crippen molar-refractivity contribution in [3.05, 3.63) is 98.9 Å². The van der Waals surface area contributed by atoms with E-state index in [1.807, 2.05) is 62.1 Å². The van der Waals surface area contributed by atoms with Gasteiger partial charge in [0, 0.05) is 43.3 Å². The maximum Gasteiger partial charge on any atom is 0.274 e. The predicted octanol–water partition coefficient (Wildman–Crippen LogP) is 7.04. The summed E-state index contributed by atoms with van der Waals surface area (Å²) in [6, 6.07) is 11.6. The number of hydrogen-bond acceptors (Lipinski definition) is 5. The van der Waals surface area contributed by atoms with Gasteiger partial charge in [0.2, 0.25) is 5.91 Å². The first-order chi connectivity index (χ1) is 20.6. The molecule has 220 valence electrons. The minimum absolute atomic E-state index is 0.00494. The zero-order valence-electron chi connectivity index (χ0n) is 25.2. The molecule has 43 heavy (non-hydrogen) atoms. The zero-order chi connectivity index (χ0) is 31.0. The third kappa shape index (κ3) is 5.30. The van der Waals surface area contributed by atoms with Gasteiger partial charge in [0.05, 0.1) is 34.4 Å². The summed E-state index contributed by atoms with van der Waals surface area (Å²) in [5.41, 5.74) is 5.21. The van der Waals surface area contributed by atoms with Crippen molar-refractivity contribution in [2.24, 2.45) is 0 Å².